The Morgan fingerprint density at radius 1 is 1.50 bits per heavy atom. The van der Waals surface area contributed by atoms with Crippen molar-refractivity contribution in [2.24, 2.45) is 5.92 Å². The first-order chi connectivity index (χ1) is 8.63. The second-order valence-corrected chi connectivity index (χ2v) is 4.21. The Labute approximate surface area is 104 Å². The Balaban J connectivity index is 2.30. The van der Waals surface area contributed by atoms with E-state index in [2.05, 4.69) is 0 Å². The van der Waals surface area contributed by atoms with E-state index >= 15 is 0 Å². The molecule has 1 aliphatic rings. The van der Waals surface area contributed by atoms with Crippen LogP contribution >= 0.6 is 0 Å². The normalized spacial score (nSPS) is 18.7. The van der Waals surface area contributed by atoms with Crippen molar-refractivity contribution < 1.29 is 14.7 Å². The van der Waals surface area contributed by atoms with Crippen LogP contribution in [0.15, 0.2) is 24.3 Å². The second-order valence-electron chi connectivity index (χ2n) is 4.21. The smallest absolute Gasteiger partial charge is 0.308 e. The number of hydrogen-bond donors (Lipinski definition) is 1. The fourth-order valence-corrected chi connectivity index (χ4v) is 2.11. The highest BCUT2D eigenvalue weighted by molar-refractivity contribution is 5.99. The van der Waals surface area contributed by atoms with Gasteiger partial charge in [0.25, 0.3) is 0 Å². The summed E-state index contributed by atoms with van der Waals surface area (Å²) in [5.41, 5.74) is 1.40. The molecule has 1 atom stereocenters. The number of carbonyl (C=O) groups excluding carboxylic acids is 1. The Morgan fingerprint density at radius 3 is 2.83 bits per heavy atom. The molecule has 1 aliphatic heterocycles. The SMILES string of the molecule is N#CCc1ccccc1N1CC(C(=O)O)CC1=O. The van der Waals surface area contributed by atoms with Crippen molar-refractivity contribution in [1.29, 1.82) is 5.26 Å². The lowest BCUT2D eigenvalue weighted by atomic mass is 10.1. The van der Waals surface area contributed by atoms with Gasteiger partial charge in [0.15, 0.2) is 0 Å². The fourth-order valence-electron chi connectivity index (χ4n) is 2.11. The summed E-state index contributed by atoms with van der Waals surface area (Å²) < 4.78 is 0. The highest BCUT2D eigenvalue weighted by Crippen LogP contribution is 2.28. The van der Waals surface area contributed by atoms with Crippen molar-refractivity contribution in [3.63, 3.8) is 0 Å². The molecular weight excluding hydrogens is 232 g/mol. The molecule has 0 radical (unpaired) electrons. The lowest BCUT2D eigenvalue weighted by Gasteiger charge is -2.18. The highest BCUT2D eigenvalue weighted by Gasteiger charge is 2.35. The third kappa shape index (κ3) is 2.18. The van der Waals surface area contributed by atoms with Crippen LogP contribution in [-0.4, -0.2) is 23.5 Å². The molecule has 0 spiro atoms. The zero-order valence-corrected chi connectivity index (χ0v) is 9.67. The van der Waals surface area contributed by atoms with Gasteiger partial charge in [0.2, 0.25) is 5.91 Å². The van der Waals surface area contributed by atoms with Gasteiger partial charge in [-0.2, -0.15) is 5.26 Å². The fraction of sp³-hybridized carbons (Fsp3) is 0.308. The number of para-hydroxylation sites is 1. The first-order valence-electron chi connectivity index (χ1n) is 5.61. The first kappa shape index (κ1) is 12.1. The molecule has 0 aromatic heterocycles. The topological polar surface area (TPSA) is 81.4 Å². The lowest BCUT2D eigenvalue weighted by molar-refractivity contribution is -0.141. The summed E-state index contributed by atoms with van der Waals surface area (Å²) in [6.45, 7) is 0.177. The number of benzene rings is 1. The molecule has 1 heterocycles. The van der Waals surface area contributed by atoms with Crippen molar-refractivity contribution in [3.05, 3.63) is 29.8 Å². The second kappa shape index (κ2) is 4.88. The van der Waals surface area contributed by atoms with Gasteiger partial charge in [-0.05, 0) is 11.6 Å². The van der Waals surface area contributed by atoms with Crippen molar-refractivity contribution in [1.82, 2.24) is 0 Å². The number of anilines is 1. The third-order valence-electron chi connectivity index (χ3n) is 3.03. The molecule has 5 nitrogen and oxygen atoms in total. The zero-order valence-electron chi connectivity index (χ0n) is 9.67. The summed E-state index contributed by atoms with van der Waals surface area (Å²) in [4.78, 5) is 24.2. The van der Waals surface area contributed by atoms with E-state index in [1.165, 1.54) is 4.90 Å². The van der Waals surface area contributed by atoms with Gasteiger partial charge < -0.3 is 10.0 Å². The van der Waals surface area contributed by atoms with Gasteiger partial charge >= 0.3 is 5.97 Å². The predicted molar refractivity (Wildman–Crippen MR) is 63.9 cm³/mol. The number of carboxylic acids is 1. The van der Waals surface area contributed by atoms with Crippen molar-refractivity contribution in [2.75, 3.05) is 11.4 Å². The summed E-state index contributed by atoms with van der Waals surface area (Å²) in [7, 11) is 0. The quantitative estimate of drug-likeness (QED) is 0.865. The van der Waals surface area contributed by atoms with Gasteiger partial charge in [0.1, 0.15) is 0 Å². The average molecular weight is 244 g/mol. The largest absolute Gasteiger partial charge is 0.481 e. The van der Waals surface area contributed by atoms with Crippen molar-refractivity contribution in [3.8, 4) is 6.07 Å². The monoisotopic (exact) mass is 244 g/mol. The maximum Gasteiger partial charge on any atom is 0.308 e. The number of rotatable bonds is 3. The van der Waals surface area contributed by atoms with Gasteiger partial charge in [-0.15, -0.1) is 0 Å². The summed E-state index contributed by atoms with van der Waals surface area (Å²) >= 11 is 0. The Morgan fingerprint density at radius 2 is 2.22 bits per heavy atom. The summed E-state index contributed by atoms with van der Waals surface area (Å²) in [6.07, 6.45) is 0.230. The van der Waals surface area contributed by atoms with Crippen LogP contribution in [0.1, 0.15) is 12.0 Å². The van der Waals surface area contributed by atoms with E-state index < -0.39 is 11.9 Å². The Kier molecular flexibility index (Phi) is 3.28. The molecular formula is C13H12N2O3. The van der Waals surface area contributed by atoms with Gasteiger partial charge in [0.05, 0.1) is 18.4 Å². The Hall–Kier alpha value is -2.35. The molecule has 0 bridgehead atoms. The van der Waals surface area contributed by atoms with E-state index in [0.29, 0.717) is 5.69 Å². The standard InChI is InChI=1S/C13H12N2O3/c14-6-5-9-3-1-2-4-11(9)15-8-10(13(17)18)7-12(15)16/h1-4,10H,5,7-8H2,(H,17,18). The van der Waals surface area contributed by atoms with Crippen LogP contribution in [0.3, 0.4) is 0 Å². The number of amides is 1. The molecule has 1 aromatic rings. The van der Waals surface area contributed by atoms with Crippen molar-refractivity contribution >= 4 is 17.6 Å². The maximum atomic E-state index is 11.8. The van der Waals surface area contributed by atoms with E-state index in [4.69, 9.17) is 10.4 Å². The molecule has 1 aromatic carbocycles. The molecule has 5 heteroatoms. The zero-order chi connectivity index (χ0) is 13.1. The number of nitriles is 1. The first-order valence-corrected chi connectivity index (χ1v) is 5.61. The average Bonchev–Trinajstić information content (AvgIpc) is 2.73. The van der Waals surface area contributed by atoms with Crippen LogP contribution in [-0.2, 0) is 16.0 Å². The molecule has 1 N–H and O–H groups in total. The van der Waals surface area contributed by atoms with Gasteiger partial charge in [0, 0.05) is 18.7 Å². The van der Waals surface area contributed by atoms with Gasteiger partial charge in [-0.25, -0.2) is 0 Å². The van der Waals surface area contributed by atoms with Crippen LogP contribution < -0.4 is 4.90 Å². The minimum atomic E-state index is -0.955. The van der Waals surface area contributed by atoms with Crippen LogP contribution in [0.25, 0.3) is 0 Å². The minimum Gasteiger partial charge on any atom is -0.481 e. The molecule has 0 saturated carbocycles. The van der Waals surface area contributed by atoms with Crippen molar-refractivity contribution in [2.45, 2.75) is 12.8 Å². The number of carbonyl (C=O) groups is 2. The number of carboxylic acid groups (broad SMARTS) is 1. The van der Waals surface area contributed by atoms with E-state index in [0.717, 1.165) is 5.56 Å². The molecule has 1 unspecified atom stereocenters. The molecule has 1 fully saturated rings. The van der Waals surface area contributed by atoms with E-state index in [9.17, 15) is 9.59 Å². The molecule has 92 valence electrons. The maximum absolute atomic E-state index is 11.8. The van der Waals surface area contributed by atoms with Crippen LogP contribution in [0.5, 0.6) is 0 Å². The molecule has 0 aliphatic carbocycles. The minimum absolute atomic E-state index is 0.0240. The van der Waals surface area contributed by atoms with Crippen LogP contribution in [0, 0.1) is 17.2 Å². The van der Waals surface area contributed by atoms with E-state index in [1.807, 2.05) is 6.07 Å². The predicted octanol–water partition coefficient (Wildman–Crippen LogP) is 1.19. The number of nitrogens with zero attached hydrogens (tertiary/aromatic N) is 2. The van der Waals surface area contributed by atoms with E-state index in [-0.39, 0.29) is 25.3 Å². The van der Waals surface area contributed by atoms with Crippen LogP contribution in [0.4, 0.5) is 5.69 Å². The lowest BCUT2D eigenvalue weighted by Crippen LogP contribution is -2.26. The summed E-state index contributed by atoms with van der Waals surface area (Å²) in [6, 6.07) is 9.14. The molecule has 1 amide bonds. The third-order valence-corrected chi connectivity index (χ3v) is 3.03. The highest BCUT2D eigenvalue weighted by atomic mass is 16.4. The van der Waals surface area contributed by atoms with E-state index in [1.54, 1.807) is 24.3 Å². The summed E-state index contributed by atoms with van der Waals surface area (Å²) in [5.74, 6) is -1.82. The van der Waals surface area contributed by atoms with Gasteiger partial charge in [-0.3, -0.25) is 9.59 Å². The Bertz CT molecular complexity index is 533. The molecule has 2 rings (SSSR count). The molecule has 18 heavy (non-hydrogen) atoms. The number of hydrogen-bond acceptors (Lipinski definition) is 3. The van der Waals surface area contributed by atoms with Gasteiger partial charge in [-0.1, -0.05) is 18.2 Å². The number of aliphatic carboxylic acids is 1. The molecule has 1 saturated heterocycles. The van der Waals surface area contributed by atoms with Crippen LogP contribution in [0.2, 0.25) is 0 Å². The summed E-state index contributed by atoms with van der Waals surface area (Å²) in [5, 5.41) is 17.7.